The molecule has 23 heavy (non-hydrogen) atoms. The fourth-order valence-corrected chi connectivity index (χ4v) is 3.24. The number of anilines is 1. The van der Waals surface area contributed by atoms with Gasteiger partial charge in [0.05, 0.1) is 18.1 Å². The lowest BCUT2D eigenvalue weighted by atomic mass is 10.1. The maximum Gasteiger partial charge on any atom is 0.225 e. The SMILES string of the molecule is N#Cc1cccnc1N1CCCN(C(=O)C[C@@H]2CCCO2)CC1. The van der Waals surface area contributed by atoms with E-state index in [2.05, 4.69) is 16.0 Å². The number of pyridine rings is 1. The van der Waals surface area contributed by atoms with Crippen LogP contribution in [-0.4, -0.2) is 54.7 Å². The third kappa shape index (κ3) is 3.80. The van der Waals surface area contributed by atoms with Gasteiger partial charge in [-0.3, -0.25) is 4.79 Å². The van der Waals surface area contributed by atoms with Crippen molar-refractivity contribution >= 4 is 11.7 Å². The predicted molar refractivity (Wildman–Crippen MR) is 86.0 cm³/mol. The fourth-order valence-electron chi connectivity index (χ4n) is 3.24. The van der Waals surface area contributed by atoms with Crippen molar-refractivity contribution in [2.45, 2.75) is 31.8 Å². The van der Waals surface area contributed by atoms with Crippen LogP contribution >= 0.6 is 0 Å². The second kappa shape index (κ2) is 7.42. The Morgan fingerprint density at radius 2 is 2.26 bits per heavy atom. The number of ether oxygens (including phenoxy) is 1. The Morgan fingerprint density at radius 1 is 1.35 bits per heavy atom. The summed E-state index contributed by atoms with van der Waals surface area (Å²) in [5, 5.41) is 9.22. The van der Waals surface area contributed by atoms with Gasteiger partial charge < -0.3 is 14.5 Å². The summed E-state index contributed by atoms with van der Waals surface area (Å²) in [5.41, 5.74) is 0.589. The normalized spacial score (nSPS) is 21.8. The zero-order valence-corrected chi connectivity index (χ0v) is 13.3. The van der Waals surface area contributed by atoms with Crippen molar-refractivity contribution in [1.82, 2.24) is 9.88 Å². The van der Waals surface area contributed by atoms with Crippen LogP contribution in [0.25, 0.3) is 0 Å². The molecule has 0 aromatic carbocycles. The Balaban J connectivity index is 1.60. The summed E-state index contributed by atoms with van der Waals surface area (Å²) in [5.74, 6) is 0.906. The molecule has 6 nitrogen and oxygen atoms in total. The monoisotopic (exact) mass is 314 g/mol. The summed E-state index contributed by atoms with van der Waals surface area (Å²) in [6.45, 7) is 3.74. The van der Waals surface area contributed by atoms with E-state index in [0.29, 0.717) is 25.1 Å². The van der Waals surface area contributed by atoms with E-state index in [9.17, 15) is 10.1 Å². The van der Waals surface area contributed by atoms with Gasteiger partial charge in [-0.1, -0.05) is 0 Å². The van der Waals surface area contributed by atoms with Crippen molar-refractivity contribution in [1.29, 1.82) is 5.26 Å². The molecule has 1 amide bonds. The van der Waals surface area contributed by atoms with Gasteiger partial charge in [0.1, 0.15) is 11.9 Å². The molecule has 1 aromatic rings. The number of aromatic nitrogens is 1. The third-order valence-corrected chi connectivity index (χ3v) is 4.48. The van der Waals surface area contributed by atoms with Crippen molar-refractivity contribution in [3.63, 3.8) is 0 Å². The van der Waals surface area contributed by atoms with Crippen LogP contribution < -0.4 is 4.90 Å². The first-order chi connectivity index (χ1) is 11.3. The van der Waals surface area contributed by atoms with Crippen LogP contribution in [0.2, 0.25) is 0 Å². The molecular weight excluding hydrogens is 292 g/mol. The maximum atomic E-state index is 12.4. The number of nitriles is 1. The summed E-state index contributed by atoms with van der Waals surface area (Å²) in [6.07, 6.45) is 5.24. The molecular formula is C17H22N4O2. The smallest absolute Gasteiger partial charge is 0.225 e. The molecule has 0 unspecified atom stereocenters. The Labute approximate surface area is 136 Å². The summed E-state index contributed by atoms with van der Waals surface area (Å²) in [6, 6.07) is 5.75. The van der Waals surface area contributed by atoms with Crippen molar-refractivity contribution in [2.75, 3.05) is 37.7 Å². The van der Waals surface area contributed by atoms with Crippen LogP contribution in [0.5, 0.6) is 0 Å². The van der Waals surface area contributed by atoms with Crippen molar-refractivity contribution in [3.8, 4) is 6.07 Å². The molecule has 122 valence electrons. The zero-order chi connectivity index (χ0) is 16.1. The van der Waals surface area contributed by atoms with E-state index < -0.39 is 0 Å². The zero-order valence-electron chi connectivity index (χ0n) is 13.3. The molecule has 2 aliphatic rings. The molecule has 3 heterocycles. The number of rotatable bonds is 3. The molecule has 0 N–H and O–H groups in total. The van der Waals surface area contributed by atoms with Crippen LogP contribution in [0, 0.1) is 11.3 Å². The largest absolute Gasteiger partial charge is 0.378 e. The first-order valence-electron chi connectivity index (χ1n) is 8.27. The number of nitrogens with zero attached hydrogens (tertiary/aromatic N) is 4. The number of hydrogen-bond donors (Lipinski definition) is 0. The van der Waals surface area contributed by atoms with E-state index in [-0.39, 0.29) is 12.0 Å². The van der Waals surface area contributed by atoms with E-state index in [4.69, 9.17) is 4.74 Å². The van der Waals surface area contributed by atoms with Gasteiger partial charge in [0.2, 0.25) is 5.91 Å². The lowest BCUT2D eigenvalue weighted by Crippen LogP contribution is -2.37. The van der Waals surface area contributed by atoms with Crippen LogP contribution in [0.3, 0.4) is 0 Å². The van der Waals surface area contributed by atoms with Crippen LogP contribution in [0.15, 0.2) is 18.3 Å². The van der Waals surface area contributed by atoms with Gasteiger partial charge in [-0.25, -0.2) is 4.98 Å². The third-order valence-electron chi connectivity index (χ3n) is 4.48. The second-order valence-corrected chi connectivity index (χ2v) is 6.05. The van der Waals surface area contributed by atoms with Crippen LogP contribution in [0.4, 0.5) is 5.82 Å². The molecule has 0 saturated carbocycles. The maximum absolute atomic E-state index is 12.4. The van der Waals surface area contributed by atoms with E-state index >= 15 is 0 Å². The highest BCUT2D eigenvalue weighted by Crippen LogP contribution is 2.20. The Kier molecular flexibility index (Phi) is 5.09. The topological polar surface area (TPSA) is 69.5 Å². The molecule has 2 fully saturated rings. The molecule has 1 aromatic heterocycles. The van der Waals surface area contributed by atoms with Gasteiger partial charge >= 0.3 is 0 Å². The lowest BCUT2D eigenvalue weighted by molar-refractivity contribution is -0.133. The summed E-state index contributed by atoms with van der Waals surface area (Å²) in [4.78, 5) is 20.8. The Morgan fingerprint density at radius 3 is 3.04 bits per heavy atom. The summed E-state index contributed by atoms with van der Waals surface area (Å²) in [7, 11) is 0. The van der Waals surface area contributed by atoms with Crippen molar-refractivity contribution in [3.05, 3.63) is 23.9 Å². The highest BCUT2D eigenvalue weighted by molar-refractivity contribution is 5.77. The van der Waals surface area contributed by atoms with E-state index in [1.165, 1.54) is 0 Å². The van der Waals surface area contributed by atoms with Crippen LogP contribution in [0.1, 0.15) is 31.2 Å². The molecule has 0 radical (unpaired) electrons. The number of carbonyl (C=O) groups is 1. The molecule has 2 saturated heterocycles. The van der Waals surface area contributed by atoms with Gasteiger partial charge in [0.25, 0.3) is 0 Å². The van der Waals surface area contributed by atoms with E-state index in [0.717, 1.165) is 44.8 Å². The summed E-state index contributed by atoms with van der Waals surface area (Å²) < 4.78 is 5.56. The molecule has 3 rings (SSSR count). The minimum absolute atomic E-state index is 0.0998. The van der Waals surface area contributed by atoms with E-state index in [1.807, 2.05) is 4.90 Å². The van der Waals surface area contributed by atoms with Crippen molar-refractivity contribution in [2.24, 2.45) is 0 Å². The highest BCUT2D eigenvalue weighted by atomic mass is 16.5. The minimum atomic E-state index is 0.0998. The molecule has 0 bridgehead atoms. The number of amides is 1. The second-order valence-electron chi connectivity index (χ2n) is 6.05. The quantitative estimate of drug-likeness (QED) is 0.847. The number of hydrogen-bond acceptors (Lipinski definition) is 5. The molecule has 2 aliphatic heterocycles. The first kappa shape index (κ1) is 15.8. The fraction of sp³-hybridized carbons (Fsp3) is 0.588. The lowest BCUT2D eigenvalue weighted by Gasteiger charge is -2.24. The number of carbonyl (C=O) groups excluding carboxylic acids is 1. The standard InChI is InChI=1S/C17H22N4O2/c18-13-14-4-1-6-19-17(14)21-8-3-7-20(9-10-21)16(22)12-15-5-2-11-23-15/h1,4,6,15H,2-3,5,7-12H2/t15-/m0/s1. The average molecular weight is 314 g/mol. The van der Waals surface area contributed by atoms with Gasteiger partial charge in [0.15, 0.2) is 0 Å². The van der Waals surface area contributed by atoms with Crippen molar-refractivity contribution < 1.29 is 9.53 Å². The minimum Gasteiger partial charge on any atom is -0.378 e. The van der Waals surface area contributed by atoms with Gasteiger partial charge in [-0.05, 0) is 31.4 Å². The highest BCUT2D eigenvalue weighted by Gasteiger charge is 2.25. The van der Waals surface area contributed by atoms with Gasteiger partial charge in [-0.2, -0.15) is 5.26 Å². The molecule has 0 spiro atoms. The summed E-state index contributed by atoms with van der Waals surface area (Å²) >= 11 is 0. The molecule has 1 atom stereocenters. The molecule has 0 aliphatic carbocycles. The first-order valence-corrected chi connectivity index (χ1v) is 8.27. The predicted octanol–water partition coefficient (Wildman–Crippen LogP) is 1.56. The van der Waals surface area contributed by atoms with E-state index in [1.54, 1.807) is 18.3 Å². The van der Waals surface area contributed by atoms with Gasteiger partial charge in [0, 0.05) is 39.0 Å². The molecule has 6 heteroatoms. The van der Waals surface area contributed by atoms with Crippen LogP contribution in [-0.2, 0) is 9.53 Å². The van der Waals surface area contributed by atoms with Gasteiger partial charge in [-0.15, -0.1) is 0 Å². The Bertz CT molecular complexity index is 593. The average Bonchev–Trinajstić information content (AvgIpc) is 2.96. The Hall–Kier alpha value is -2.13.